The molecule has 0 fully saturated rings. The van der Waals surface area contributed by atoms with E-state index < -0.39 is 0 Å². The molecular formula is C12H15N3O. The first-order chi connectivity index (χ1) is 7.83. The van der Waals surface area contributed by atoms with Crippen LogP contribution in [0.1, 0.15) is 24.6 Å². The Morgan fingerprint density at radius 3 is 2.88 bits per heavy atom. The Kier molecular flexibility index (Phi) is 3.31. The summed E-state index contributed by atoms with van der Waals surface area (Å²) in [6.07, 6.45) is 5.52. The Morgan fingerprint density at radius 1 is 1.38 bits per heavy atom. The van der Waals surface area contributed by atoms with Gasteiger partial charge >= 0.3 is 0 Å². The Labute approximate surface area is 94.6 Å². The fourth-order valence-electron chi connectivity index (χ4n) is 1.63. The van der Waals surface area contributed by atoms with Crippen LogP contribution in [0.5, 0.6) is 0 Å². The third kappa shape index (κ3) is 2.28. The third-order valence-electron chi connectivity index (χ3n) is 2.35. The first-order valence-electron chi connectivity index (χ1n) is 5.44. The summed E-state index contributed by atoms with van der Waals surface area (Å²) >= 11 is 0. The van der Waals surface area contributed by atoms with Gasteiger partial charge in [0.15, 0.2) is 5.82 Å². The second kappa shape index (κ2) is 4.90. The average Bonchev–Trinajstić information content (AvgIpc) is 2.82. The monoisotopic (exact) mass is 217 g/mol. The maximum Gasteiger partial charge on any atom is 0.153 e. The van der Waals surface area contributed by atoms with Gasteiger partial charge in [-0.25, -0.2) is 9.67 Å². The van der Waals surface area contributed by atoms with Crippen LogP contribution < -0.4 is 0 Å². The third-order valence-corrected chi connectivity index (χ3v) is 2.35. The summed E-state index contributed by atoms with van der Waals surface area (Å²) in [5, 5.41) is 13.3. The van der Waals surface area contributed by atoms with Crippen molar-refractivity contribution in [2.24, 2.45) is 0 Å². The van der Waals surface area contributed by atoms with Crippen molar-refractivity contribution < 1.29 is 5.11 Å². The van der Waals surface area contributed by atoms with Gasteiger partial charge in [0.25, 0.3) is 0 Å². The number of aliphatic hydroxyl groups excluding tert-OH is 1. The molecule has 0 spiro atoms. The molecule has 0 atom stereocenters. The smallest absolute Gasteiger partial charge is 0.153 e. The van der Waals surface area contributed by atoms with Gasteiger partial charge in [0.2, 0.25) is 0 Å². The van der Waals surface area contributed by atoms with Crippen molar-refractivity contribution in [3.63, 3.8) is 0 Å². The van der Waals surface area contributed by atoms with Crippen molar-refractivity contribution in [1.29, 1.82) is 0 Å². The Bertz CT molecular complexity index is 451. The van der Waals surface area contributed by atoms with Crippen molar-refractivity contribution in [3.8, 4) is 5.82 Å². The quantitative estimate of drug-likeness (QED) is 0.848. The zero-order chi connectivity index (χ0) is 11.4. The molecule has 2 aromatic heterocycles. The van der Waals surface area contributed by atoms with Gasteiger partial charge in [-0.1, -0.05) is 13.3 Å². The van der Waals surface area contributed by atoms with Crippen molar-refractivity contribution in [2.75, 3.05) is 0 Å². The van der Waals surface area contributed by atoms with Gasteiger partial charge in [0, 0.05) is 18.1 Å². The summed E-state index contributed by atoms with van der Waals surface area (Å²) in [6, 6.07) is 5.65. The van der Waals surface area contributed by atoms with E-state index in [1.165, 1.54) is 0 Å². The van der Waals surface area contributed by atoms with Crippen LogP contribution in [0, 0.1) is 0 Å². The van der Waals surface area contributed by atoms with Crippen LogP contribution in [0.2, 0.25) is 0 Å². The molecule has 2 aromatic rings. The summed E-state index contributed by atoms with van der Waals surface area (Å²) in [4.78, 5) is 4.50. The van der Waals surface area contributed by atoms with E-state index in [4.69, 9.17) is 0 Å². The van der Waals surface area contributed by atoms with E-state index >= 15 is 0 Å². The molecule has 0 saturated heterocycles. The van der Waals surface area contributed by atoms with Crippen molar-refractivity contribution >= 4 is 0 Å². The van der Waals surface area contributed by atoms with Gasteiger partial charge in [-0.3, -0.25) is 0 Å². The zero-order valence-corrected chi connectivity index (χ0v) is 9.30. The highest BCUT2D eigenvalue weighted by atomic mass is 16.3. The number of pyridine rings is 1. The number of aliphatic hydroxyl groups is 1. The molecule has 4 heteroatoms. The molecule has 0 aliphatic carbocycles. The van der Waals surface area contributed by atoms with Crippen molar-refractivity contribution in [3.05, 3.63) is 41.9 Å². The lowest BCUT2D eigenvalue weighted by atomic mass is 10.1. The van der Waals surface area contributed by atoms with Crippen LogP contribution in [0.4, 0.5) is 0 Å². The van der Waals surface area contributed by atoms with Gasteiger partial charge < -0.3 is 5.11 Å². The highest BCUT2D eigenvalue weighted by Gasteiger charge is 2.03. The minimum Gasteiger partial charge on any atom is -0.392 e. The molecular weight excluding hydrogens is 202 g/mol. The number of rotatable bonds is 4. The lowest BCUT2D eigenvalue weighted by Gasteiger charge is -2.06. The zero-order valence-electron chi connectivity index (χ0n) is 9.30. The van der Waals surface area contributed by atoms with E-state index in [0.29, 0.717) is 0 Å². The summed E-state index contributed by atoms with van der Waals surface area (Å²) < 4.78 is 1.71. The number of nitrogens with zero attached hydrogens (tertiary/aromatic N) is 3. The molecule has 1 N–H and O–H groups in total. The van der Waals surface area contributed by atoms with Crippen LogP contribution in [0.15, 0.2) is 30.6 Å². The van der Waals surface area contributed by atoms with E-state index in [1.54, 1.807) is 10.9 Å². The molecule has 0 bridgehead atoms. The van der Waals surface area contributed by atoms with E-state index in [9.17, 15) is 5.11 Å². The normalized spacial score (nSPS) is 10.6. The maximum absolute atomic E-state index is 9.19. The van der Waals surface area contributed by atoms with Crippen molar-refractivity contribution in [1.82, 2.24) is 14.8 Å². The highest BCUT2D eigenvalue weighted by molar-refractivity contribution is 5.30. The summed E-state index contributed by atoms with van der Waals surface area (Å²) in [6.45, 7) is 2.15. The molecule has 0 radical (unpaired) electrons. The predicted molar refractivity (Wildman–Crippen MR) is 61.3 cm³/mol. The molecule has 0 aromatic carbocycles. The first-order valence-corrected chi connectivity index (χ1v) is 5.44. The molecule has 84 valence electrons. The summed E-state index contributed by atoms with van der Waals surface area (Å²) in [5.74, 6) is 0.764. The molecule has 2 rings (SSSR count). The topological polar surface area (TPSA) is 50.9 Å². The predicted octanol–water partition coefficient (Wildman–Crippen LogP) is 1.71. The Balaban J connectivity index is 2.41. The first kappa shape index (κ1) is 10.8. The molecule has 2 heterocycles. The van der Waals surface area contributed by atoms with Gasteiger partial charge in [-0.2, -0.15) is 5.10 Å². The molecule has 0 aliphatic heterocycles. The van der Waals surface area contributed by atoms with Crippen LogP contribution >= 0.6 is 0 Å². The lowest BCUT2D eigenvalue weighted by molar-refractivity contribution is 0.281. The summed E-state index contributed by atoms with van der Waals surface area (Å²) in [7, 11) is 0. The minimum atomic E-state index is 0.0352. The average molecular weight is 217 g/mol. The molecule has 4 nitrogen and oxygen atoms in total. The second-order valence-corrected chi connectivity index (χ2v) is 3.68. The van der Waals surface area contributed by atoms with Gasteiger partial charge in [-0.05, 0) is 30.2 Å². The second-order valence-electron chi connectivity index (χ2n) is 3.68. The van der Waals surface area contributed by atoms with E-state index in [-0.39, 0.29) is 6.61 Å². The SMILES string of the molecule is CCCc1cc(CO)cc(-n2cccn2)n1. The highest BCUT2D eigenvalue weighted by Crippen LogP contribution is 2.11. The van der Waals surface area contributed by atoms with E-state index in [1.807, 2.05) is 24.4 Å². The van der Waals surface area contributed by atoms with Crippen LogP contribution in [-0.4, -0.2) is 19.9 Å². The maximum atomic E-state index is 9.19. The van der Waals surface area contributed by atoms with Gasteiger partial charge in [0.1, 0.15) is 0 Å². The van der Waals surface area contributed by atoms with Crippen molar-refractivity contribution in [2.45, 2.75) is 26.4 Å². The van der Waals surface area contributed by atoms with E-state index in [2.05, 4.69) is 17.0 Å². The molecule has 0 aliphatic rings. The lowest BCUT2D eigenvalue weighted by Crippen LogP contribution is -2.03. The molecule has 0 amide bonds. The van der Waals surface area contributed by atoms with Gasteiger partial charge in [-0.15, -0.1) is 0 Å². The number of hydrogen-bond donors (Lipinski definition) is 1. The summed E-state index contributed by atoms with van der Waals surface area (Å²) in [5.41, 5.74) is 1.88. The van der Waals surface area contributed by atoms with Crippen LogP contribution in [0.25, 0.3) is 5.82 Å². The molecule has 0 saturated carbocycles. The largest absolute Gasteiger partial charge is 0.392 e. The fraction of sp³-hybridized carbons (Fsp3) is 0.333. The number of hydrogen-bond acceptors (Lipinski definition) is 3. The minimum absolute atomic E-state index is 0.0352. The number of aryl methyl sites for hydroxylation is 1. The standard InChI is InChI=1S/C12H15N3O/c1-2-4-11-7-10(9-16)8-12(14-11)15-6-3-5-13-15/h3,5-8,16H,2,4,9H2,1H3. The van der Waals surface area contributed by atoms with Gasteiger partial charge in [0.05, 0.1) is 6.61 Å². The Morgan fingerprint density at radius 2 is 2.25 bits per heavy atom. The molecule has 0 unspecified atom stereocenters. The van der Waals surface area contributed by atoms with E-state index in [0.717, 1.165) is 29.9 Å². The Hall–Kier alpha value is -1.68. The fourth-order valence-corrected chi connectivity index (χ4v) is 1.63. The van der Waals surface area contributed by atoms with Crippen LogP contribution in [0.3, 0.4) is 0 Å². The number of aromatic nitrogens is 3. The molecule has 16 heavy (non-hydrogen) atoms. The van der Waals surface area contributed by atoms with Crippen LogP contribution in [-0.2, 0) is 13.0 Å².